The first kappa shape index (κ1) is 31.8. The Morgan fingerprint density at radius 2 is 0.907 bits per heavy atom. The second kappa shape index (κ2) is 12.1. The largest absolute Gasteiger partial charge is 0.228 e. The molecule has 0 fully saturated rings. The van der Waals surface area contributed by atoms with Gasteiger partial charge in [-0.15, -0.1) is 0 Å². The number of nitrogens with zero attached hydrogens (tertiary/aromatic N) is 3. The van der Waals surface area contributed by atoms with Crippen LogP contribution < -0.4 is 0 Å². The van der Waals surface area contributed by atoms with E-state index in [0.29, 0.717) is 11.4 Å². The monoisotopic (exact) mass is 689 g/mol. The molecule has 2 aliphatic rings. The highest BCUT2D eigenvalue weighted by Crippen LogP contribution is 2.62. The first-order chi connectivity index (χ1) is 26.5. The van der Waals surface area contributed by atoms with Gasteiger partial charge in [-0.2, -0.15) is 5.26 Å². The van der Waals surface area contributed by atoms with Crippen molar-refractivity contribution in [3.05, 3.63) is 215 Å². The van der Waals surface area contributed by atoms with Crippen LogP contribution in [0.4, 0.5) is 0 Å². The van der Waals surface area contributed by atoms with Crippen molar-refractivity contribution < 1.29 is 0 Å². The highest BCUT2D eigenvalue weighted by atomic mass is 14.9. The first-order valence-electron chi connectivity index (χ1n) is 18.5. The number of nitriles is 1. The van der Waals surface area contributed by atoms with Crippen molar-refractivity contribution in [3.8, 4) is 62.2 Å². The summed E-state index contributed by atoms with van der Waals surface area (Å²) in [4.78, 5) is 10.2. The lowest BCUT2D eigenvalue weighted by molar-refractivity contribution is 0.563. The van der Waals surface area contributed by atoms with E-state index in [1.54, 1.807) is 0 Å². The molecule has 254 valence electrons. The number of aromatic nitrogens is 2. The zero-order valence-electron chi connectivity index (χ0n) is 30.1. The zero-order valence-corrected chi connectivity index (χ0v) is 30.1. The summed E-state index contributed by atoms with van der Waals surface area (Å²) in [6, 6.07) is 64.8. The molecule has 54 heavy (non-hydrogen) atoms. The third-order valence-electron chi connectivity index (χ3n) is 11.6. The van der Waals surface area contributed by atoms with Gasteiger partial charge in [-0.25, -0.2) is 9.97 Å². The topological polar surface area (TPSA) is 49.6 Å². The molecular weight excluding hydrogens is 655 g/mol. The lowest BCUT2D eigenvalue weighted by atomic mass is 9.55. The van der Waals surface area contributed by atoms with Gasteiger partial charge in [-0.1, -0.05) is 159 Å². The standard InChI is InChI=1S/C51H35N3/c1-50(2)43-19-8-10-21-45(43)51(46-22-11-9-20-44(46)50)41-18-7-6-17-39(41)40-30-37(27-28-42(40)51)36-15-12-16-38(29-36)49-53-47(34-13-4-3-5-14-34)31-48(54-49)35-25-23-33(32-52)24-26-35/h3-31H,1-2H3. The fourth-order valence-electron chi connectivity index (χ4n) is 9.08. The fourth-order valence-corrected chi connectivity index (χ4v) is 9.08. The van der Waals surface area contributed by atoms with Gasteiger partial charge in [0.1, 0.15) is 0 Å². The summed E-state index contributed by atoms with van der Waals surface area (Å²) in [5.41, 5.74) is 17.6. The molecule has 1 heterocycles. The van der Waals surface area contributed by atoms with Crippen molar-refractivity contribution in [3.63, 3.8) is 0 Å². The van der Waals surface area contributed by atoms with Crippen LogP contribution >= 0.6 is 0 Å². The molecule has 0 saturated heterocycles. The van der Waals surface area contributed by atoms with Crippen molar-refractivity contribution >= 4 is 0 Å². The maximum absolute atomic E-state index is 9.39. The Morgan fingerprint density at radius 1 is 0.407 bits per heavy atom. The van der Waals surface area contributed by atoms with Crippen molar-refractivity contribution in [2.45, 2.75) is 24.7 Å². The molecule has 8 aromatic rings. The Balaban J connectivity index is 1.13. The highest BCUT2D eigenvalue weighted by molar-refractivity contribution is 5.91. The average Bonchev–Trinajstić information content (AvgIpc) is 3.53. The van der Waals surface area contributed by atoms with E-state index in [9.17, 15) is 5.26 Å². The molecule has 2 aliphatic carbocycles. The molecular formula is C51H35N3. The zero-order chi connectivity index (χ0) is 36.4. The molecule has 0 atom stereocenters. The second-order valence-corrected chi connectivity index (χ2v) is 14.9. The number of hydrogen-bond donors (Lipinski definition) is 0. The van der Waals surface area contributed by atoms with E-state index in [4.69, 9.17) is 9.97 Å². The first-order valence-corrected chi connectivity index (χ1v) is 18.5. The average molecular weight is 690 g/mol. The number of rotatable bonds is 4. The molecule has 3 heteroatoms. The van der Waals surface area contributed by atoms with Gasteiger partial charge in [0, 0.05) is 22.1 Å². The van der Waals surface area contributed by atoms with E-state index >= 15 is 0 Å². The van der Waals surface area contributed by atoms with Crippen LogP contribution in [0.5, 0.6) is 0 Å². The molecule has 3 nitrogen and oxygen atoms in total. The predicted molar refractivity (Wildman–Crippen MR) is 218 cm³/mol. The smallest absolute Gasteiger partial charge is 0.160 e. The van der Waals surface area contributed by atoms with E-state index in [1.165, 1.54) is 44.5 Å². The van der Waals surface area contributed by atoms with Gasteiger partial charge < -0.3 is 0 Å². The molecule has 0 bridgehead atoms. The summed E-state index contributed by atoms with van der Waals surface area (Å²) in [6.45, 7) is 4.73. The number of fused-ring (bicyclic) bond motifs is 9. The Hall–Kier alpha value is -6.89. The van der Waals surface area contributed by atoms with Crippen LogP contribution in [-0.4, -0.2) is 9.97 Å². The van der Waals surface area contributed by atoms with E-state index < -0.39 is 5.41 Å². The van der Waals surface area contributed by atoms with E-state index in [2.05, 4.69) is 147 Å². The third kappa shape index (κ3) is 4.67. The molecule has 0 N–H and O–H groups in total. The molecule has 0 amide bonds. The van der Waals surface area contributed by atoms with Crippen LogP contribution in [0.1, 0.15) is 52.8 Å². The minimum absolute atomic E-state index is 0.129. The summed E-state index contributed by atoms with van der Waals surface area (Å²) in [5.74, 6) is 0.654. The highest BCUT2D eigenvalue weighted by Gasteiger charge is 2.53. The van der Waals surface area contributed by atoms with Gasteiger partial charge in [-0.05, 0) is 86.0 Å². The Labute approximate surface area is 315 Å². The van der Waals surface area contributed by atoms with Gasteiger partial charge in [0.25, 0.3) is 0 Å². The Morgan fingerprint density at radius 3 is 1.57 bits per heavy atom. The Kier molecular flexibility index (Phi) is 7.12. The molecule has 0 saturated carbocycles. The summed E-state index contributed by atoms with van der Waals surface area (Å²) >= 11 is 0. The predicted octanol–water partition coefficient (Wildman–Crippen LogP) is 12.0. The van der Waals surface area contributed by atoms with Crippen molar-refractivity contribution in [2.24, 2.45) is 0 Å². The second-order valence-electron chi connectivity index (χ2n) is 14.9. The molecule has 10 rings (SSSR count). The van der Waals surface area contributed by atoms with Crippen LogP contribution in [0.2, 0.25) is 0 Å². The van der Waals surface area contributed by atoms with Gasteiger partial charge >= 0.3 is 0 Å². The third-order valence-corrected chi connectivity index (χ3v) is 11.6. The summed E-state index contributed by atoms with van der Waals surface area (Å²) in [6.07, 6.45) is 0. The molecule has 1 spiro atoms. The summed E-state index contributed by atoms with van der Waals surface area (Å²) in [5, 5.41) is 9.39. The summed E-state index contributed by atoms with van der Waals surface area (Å²) < 4.78 is 0. The molecule has 1 aromatic heterocycles. The maximum atomic E-state index is 9.39. The van der Waals surface area contributed by atoms with Crippen molar-refractivity contribution in [1.82, 2.24) is 9.97 Å². The van der Waals surface area contributed by atoms with Crippen molar-refractivity contribution in [2.75, 3.05) is 0 Å². The molecule has 0 aliphatic heterocycles. The SMILES string of the molecule is CC1(C)c2ccccc2C2(c3ccccc3-c3cc(-c4cccc(-c5nc(-c6ccccc6)cc(-c6ccc(C#N)cc6)n5)c4)ccc32)c2ccccc21. The minimum Gasteiger partial charge on any atom is -0.228 e. The molecule has 7 aromatic carbocycles. The summed E-state index contributed by atoms with van der Waals surface area (Å²) in [7, 11) is 0. The Bertz CT molecular complexity index is 2760. The number of benzene rings is 7. The van der Waals surface area contributed by atoms with Crippen LogP contribution in [0.15, 0.2) is 176 Å². The van der Waals surface area contributed by atoms with Crippen LogP contribution in [0.3, 0.4) is 0 Å². The quantitative estimate of drug-likeness (QED) is 0.185. The van der Waals surface area contributed by atoms with Crippen LogP contribution in [0, 0.1) is 11.3 Å². The fraction of sp³-hybridized carbons (Fsp3) is 0.0784. The van der Waals surface area contributed by atoms with Gasteiger partial charge in [-0.3, -0.25) is 0 Å². The van der Waals surface area contributed by atoms with Crippen molar-refractivity contribution in [1.29, 1.82) is 5.26 Å². The normalized spacial score (nSPS) is 14.0. The van der Waals surface area contributed by atoms with Gasteiger partial charge in [0.05, 0.1) is 28.4 Å². The van der Waals surface area contributed by atoms with Gasteiger partial charge in [0.15, 0.2) is 5.82 Å². The van der Waals surface area contributed by atoms with E-state index in [-0.39, 0.29) is 5.41 Å². The van der Waals surface area contributed by atoms with E-state index in [1.807, 2.05) is 48.5 Å². The molecule has 0 radical (unpaired) electrons. The van der Waals surface area contributed by atoms with E-state index in [0.717, 1.165) is 39.2 Å². The maximum Gasteiger partial charge on any atom is 0.160 e. The number of hydrogen-bond acceptors (Lipinski definition) is 3. The van der Waals surface area contributed by atoms with Gasteiger partial charge in [0.2, 0.25) is 0 Å². The lowest BCUT2D eigenvalue weighted by Crippen LogP contribution is -2.40. The lowest BCUT2D eigenvalue weighted by Gasteiger charge is -2.46. The minimum atomic E-state index is -0.414. The van der Waals surface area contributed by atoms with Crippen LogP contribution in [-0.2, 0) is 10.8 Å². The molecule has 0 unspecified atom stereocenters. The van der Waals surface area contributed by atoms with Crippen LogP contribution in [0.25, 0.3) is 56.2 Å².